The predicted molar refractivity (Wildman–Crippen MR) is 127 cm³/mol. The summed E-state index contributed by atoms with van der Waals surface area (Å²) in [5.41, 5.74) is 3.58. The number of nitrogens with one attached hydrogen (secondary N) is 1. The Morgan fingerprint density at radius 2 is 1.62 bits per heavy atom. The van der Waals surface area contributed by atoms with E-state index in [2.05, 4.69) is 5.32 Å². The zero-order chi connectivity index (χ0) is 24.4. The summed E-state index contributed by atoms with van der Waals surface area (Å²) in [6.07, 6.45) is 0. The van der Waals surface area contributed by atoms with Crippen LogP contribution in [0.2, 0.25) is 0 Å². The quantitative estimate of drug-likeness (QED) is 0.445. The summed E-state index contributed by atoms with van der Waals surface area (Å²) < 4.78 is 5.13. The number of benzene rings is 3. The van der Waals surface area contributed by atoms with E-state index in [0.29, 0.717) is 5.69 Å². The number of aryl methyl sites for hydroxylation is 2. The molecule has 0 saturated carbocycles. The number of hydrogen-bond acceptors (Lipinski definition) is 5. The van der Waals surface area contributed by atoms with Gasteiger partial charge in [-0.2, -0.15) is 0 Å². The smallest absolute Gasteiger partial charge is 0.338 e. The van der Waals surface area contributed by atoms with Crippen LogP contribution in [-0.4, -0.2) is 30.3 Å². The minimum atomic E-state index is -0.754. The average Bonchev–Trinajstić information content (AvgIpc) is 3.08. The third-order valence-electron chi connectivity index (χ3n) is 5.74. The van der Waals surface area contributed by atoms with Crippen molar-refractivity contribution in [3.63, 3.8) is 0 Å². The molecule has 0 saturated heterocycles. The maximum atomic E-state index is 13.1. The molecule has 7 nitrogen and oxygen atoms in total. The summed E-state index contributed by atoms with van der Waals surface area (Å²) in [5, 5.41) is 2.77. The first kappa shape index (κ1) is 22.9. The van der Waals surface area contributed by atoms with Crippen molar-refractivity contribution in [2.75, 3.05) is 11.5 Å². The van der Waals surface area contributed by atoms with Crippen molar-refractivity contribution in [2.45, 2.75) is 26.8 Å². The molecule has 1 aliphatic heterocycles. The van der Waals surface area contributed by atoms with Crippen LogP contribution in [0.25, 0.3) is 0 Å². The highest BCUT2D eigenvalue weighted by molar-refractivity contribution is 6.35. The molecule has 1 unspecified atom stereocenters. The van der Waals surface area contributed by atoms with Gasteiger partial charge in [0, 0.05) is 0 Å². The Labute approximate surface area is 197 Å². The van der Waals surface area contributed by atoms with E-state index in [9.17, 15) is 19.2 Å². The first-order valence-electron chi connectivity index (χ1n) is 10.9. The molecule has 34 heavy (non-hydrogen) atoms. The van der Waals surface area contributed by atoms with Gasteiger partial charge in [-0.1, -0.05) is 42.5 Å². The molecular formula is C27H24N2O5. The van der Waals surface area contributed by atoms with Crippen LogP contribution in [0.1, 0.15) is 60.7 Å². The van der Waals surface area contributed by atoms with Gasteiger partial charge in [0.25, 0.3) is 17.7 Å². The number of amides is 3. The summed E-state index contributed by atoms with van der Waals surface area (Å²) in [5.74, 6) is -2.14. The number of anilines is 1. The van der Waals surface area contributed by atoms with Crippen LogP contribution in [0.4, 0.5) is 5.69 Å². The average molecular weight is 456 g/mol. The van der Waals surface area contributed by atoms with Crippen molar-refractivity contribution in [1.82, 2.24) is 5.32 Å². The van der Waals surface area contributed by atoms with Crippen LogP contribution in [0.5, 0.6) is 0 Å². The van der Waals surface area contributed by atoms with Crippen molar-refractivity contribution in [3.05, 3.63) is 100 Å². The molecule has 1 N–H and O–H groups in total. The van der Waals surface area contributed by atoms with Crippen LogP contribution in [0.3, 0.4) is 0 Å². The molecular weight excluding hydrogens is 432 g/mol. The van der Waals surface area contributed by atoms with Gasteiger partial charge in [0.15, 0.2) is 6.61 Å². The molecule has 1 aliphatic rings. The zero-order valence-corrected chi connectivity index (χ0v) is 19.1. The van der Waals surface area contributed by atoms with E-state index in [0.717, 1.165) is 21.6 Å². The molecule has 3 aromatic carbocycles. The second-order valence-corrected chi connectivity index (χ2v) is 8.27. The lowest BCUT2D eigenvalue weighted by Crippen LogP contribution is -2.31. The van der Waals surface area contributed by atoms with Gasteiger partial charge >= 0.3 is 5.97 Å². The fourth-order valence-electron chi connectivity index (χ4n) is 3.87. The van der Waals surface area contributed by atoms with Crippen molar-refractivity contribution in [2.24, 2.45) is 0 Å². The van der Waals surface area contributed by atoms with Gasteiger partial charge in [-0.3, -0.25) is 14.4 Å². The lowest BCUT2D eigenvalue weighted by atomic mass is 10.1. The summed E-state index contributed by atoms with van der Waals surface area (Å²) in [6.45, 7) is 5.07. The Bertz CT molecular complexity index is 1300. The van der Waals surface area contributed by atoms with Gasteiger partial charge in [0.2, 0.25) is 0 Å². The molecule has 1 heterocycles. The van der Waals surface area contributed by atoms with Crippen LogP contribution in [0, 0.1) is 13.8 Å². The number of esters is 1. The van der Waals surface area contributed by atoms with Crippen LogP contribution < -0.4 is 10.2 Å². The number of rotatable bonds is 6. The highest BCUT2D eigenvalue weighted by Crippen LogP contribution is 2.31. The van der Waals surface area contributed by atoms with Crippen LogP contribution in [-0.2, 0) is 9.53 Å². The number of ether oxygens (including phenoxy) is 1. The van der Waals surface area contributed by atoms with E-state index in [1.165, 1.54) is 18.2 Å². The SMILES string of the molecule is Cc1ccc(C)c(N2C(=O)c3ccc(C(=O)OCC(=O)NC(C)c4ccccc4)cc3C2=O)c1. The minimum absolute atomic E-state index is 0.0895. The van der Waals surface area contributed by atoms with E-state index in [-0.39, 0.29) is 22.7 Å². The molecule has 7 heteroatoms. The van der Waals surface area contributed by atoms with Gasteiger partial charge in [-0.15, -0.1) is 0 Å². The Balaban J connectivity index is 1.44. The Kier molecular flexibility index (Phi) is 6.27. The standard InChI is InChI=1S/C27H24N2O5/c1-16-9-10-17(2)23(13-16)29-25(31)21-12-11-20(14-22(21)26(29)32)27(33)34-15-24(30)28-18(3)19-7-5-4-6-8-19/h4-14,18H,15H2,1-3H3,(H,28,30). The van der Waals surface area contributed by atoms with E-state index in [1.807, 2.05) is 63.2 Å². The fraction of sp³-hybridized carbons (Fsp3) is 0.185. The molecule has 3 aromatic rings. The number of carbonyl (C=O) groups excluding carboxylic acids is 4. The van der Waals surface area contributed by atoms with Crippen molar-refractivity contribution < 1.29 is 23.9 Å². The minimum Gasteiger partial charge on any atom is -0.452 e. The van der Waals surface area contributed by atoms with E-state index in [1.54, 1.807) is 6.07 Å². The molecule has 3 amide bonds. The second-order valence-electron chi connectivity index (χ2n) is 8.27. The maximum Gasteiger partial charge on any atom is 0.338 e. The normalized spacial score (nSPS) is 13.4. The summed E-state index contributed by atoms with van der Waals surface area (Å²) in [4.78, 5) is 51.8. The number of hydrogen-bond donors (Lipinski definition) is 1. The first-order valence-corrected chi connectivity index (χ1v) is 10.9. The van der Waals surface area contributed by atoms with Crippen molar-refractivity contribution >= 4 is 29.4 Å². The van der Waals surface area contributed by atoms with E-state index in [4.69, 9.17) is 4.74 Å². The topological polar surface area (TPSA) is 92.8 Å². The fourth-order valence-corrected chi connectivity index (χ4v) is 3.87. The van der Waals surface area contributed by atoms with Crippen molar-refractivity contribution in [1.29, 1.82) is 0 Å². The van der Waals surface area contributed by atoms with E-state index < -0.39 is 30.3 Å². The van der Waals surface area contributed by atoms with Crippen molar-refractivity contribution in [3.8, 4) is 0 Å². The lowest BCUT2D eigenvalue weighted by molar-refractivity contribution is -0.124. The number of carbonyl (C=O) groups is 4. The summed E-state index contributed by atoms with van der Waals surface area (Å²) >= 11 is 0. The molecule has 4 rings (SSSR count). The zero-order valence-electron chi connectivity index (χ0n) is 19.1. The van der Waals surface area contributed by atoms with Gasteiger partial charge in [-0.25, -0.2) is 9.69 Å². The van der Waals surface area contributed by atoms with Crippen LogP contribution in [0.15, 0.2) is 66.7 Å². The molecule has 0 fully saturated rings. The summed E-state index contributed by atoms with van der Waals surface area (Å²) in [6, 6.07) is 18.9. The number of imide groups is 1. The molecule has 0 bridgehead atoms. The monoisotopic (exact) mass is 456 g/mol. The second kappa shape index (κ2) is 9.31. The lowest BCUT2D eigenvalue weighted by Gasteiger charge is -2.17. The van der Waals surface area contributed by atoms with E-state index >= 15 is 0 Å². The first-order chi connectivity index (χ1) is 16.3. The third-order valence-corrected chi connectivity index (χ3v) is 5.74. The molecule has 0 spiro atoms. The van der Waals surface area contributed by atoms with Crippen LogP contribution >= 0.6 is 0 Å². The van der Waals surface area contributed by atoms with Gasteiger partial charge in [-0.05, 0) is 61.7 Å². The molecule has 0 aromatic heterocycles. The van der Waals surface area contributed by atoms with Gasteiger partial charge < -0.3 is 10.1 Å². The number of nitrogens with zero attached hydrogens (tertiary/aromatic N) is 1. The highest BCUT2D eigenvalue weighted by atomic mass is 16.5. The molecule has 1 atom stereocenters. The Morgan fingerprint density at radius 1 is 0.912 bits per heavy atom. The highest BCUT2D eigenvalue weighted by Gasteiger charge is 2.38. The number of fused-ring (bicyclic) bond motifs is 1. The third kappa shape index (κ3) is 4.45. The predicted octanol–water partition coefficient (Wildman–Crippen LogP) is 4.14. The van der Waals surface area contributed by atoms with Gasteiger partial charge in [0.05, 0.1) is 28.4 Å². The maximum absolute atomic E-state index is 13.1. The largest absolute Gasteiger partial charge is 0.452 e. The Morgan fingerprint density at radius 3 is 2.35 bits per heavy atom. The van der Waals surface area contributed by atoms with Gasteiger partial charge in [0.1, 0.15) is 0 Å². The molecule has 172 valence electrons. The summed E-state index contributed by atoms with van der Waals surface area (Å²) in [7, 11) is 0. The Hall–Kier alpha value is -4.26. The molecule has 0 aliphatic carbocycles. The molecule has 0 radical (unpaired) electrons.